The summed E-state index contributed by atoms with van der Waals surface area (Å²) < 4.78 is 4.85. The Balaban J connectivity index is 2.47. The third kappa shape index (κ3) is 5.39. The lowest BCUT2D eigenvalue weighted by molar-refractivity contribution is 0.0526. The molecule has 0 atom stereocenters. The van der Waals surface area contributed by atoms with E-state index in [1.807, 2.05) is 0 Å². The molecule has 0 fully saturated rings. The van der Waals surface area contributed by atoms with Crippen LogP contribution in [-0.4, -0.2) is 36.9 Å². The third-order valence-electron chi connectivity index (χ3n) is 2.27. The lowest BCUT2D eigenvalue weighted by Gasteiger charge is -2.07. The fraction of sp³-hybridized carbons (Fsp3) is 0.385. The van der Waals surface area contributed by atoms with E-state index in [0.717, 1.165) is 0 Å². The minimum absolute atomic E-state index is 0.0362. The second-order valence-electron chi connectivity index (χ2n) is 3.76. The average Bonchev–Trinajstić information content (AvgIpc) is 2.40. The second kappa shape index (κ2) is 8.10. The van der Waals surface area contributed by atoms with Gasteiger partial charge < -0.3 is 20.5 Å². The molecule has 0 aliphatic heterocycles. The van der Waals surface area contributed by atoms with Crippen molar-refractivity contribution in [2.75, 3.05) is 25.1 Å². The maximum atomic E-state index is 11.4. The van der Waals surface area contributed by atoms with Gasteiger partial charge >= 0.3 is 12.0 Å². The lowest BCUT2D eigenvalue weighted by atomic mass is 10.2. The van der Waals surface area contributed by atoms with Gasteiger partial charge in [-0.25, -0.2) is 9.59 Å². The van der Waals surface area contributed by atoms with Gasteiger partial charge in [0.15, 0.2) is 0 Å². The molecule has 0 spiro atoms. The summed E-state index contributed by atoms with van der Waals surface area (Å²) >= 11 is 0. The van der Waals surface area contributed by atoms with Gasteiger partial charge in [-0.1, -0.05) is 0 Å². The van der Waals surface area contributed by atoms with Crippen LogP contribution in [0.1, 0.15) is 23.7 Å². The zero-order valence-electron chi connectivity index (χ0n) is 10.8. The first-order valence-corrected chi connectivity index (χ1v) is 6.10. The maximum absolute atomic E-state index is 11.4. The van der Waals surface area contributed by atoms with Crippen LogP contribution in [0.25, 0.3) is 0 Å². The average molecular weight is 266 g/mol. The van der Waals surface area contributed by atoms with Crippen LogP contribution in [0.15, 0.2) is 24.3 Å². The monoisotopic (exact) mass is 266 g/mol. The Morgan fingerprint density at radius 1 is 1.26 bits per heavy atom. The van der Waals surface area contributed by atoms with Gasteiger partial charge in [0.2, 0.25) is 0 Å². The number of ether oxygens (including phenoxy) is 1. The second-order valence-corrected chi connectivity index (χ2v) is 3.76. The smallest absolute Gasteiger partial charge is 0.338 e. The number of amides is 2. The Hall–Kier alpha value is -2.08. The van der Waals surface area contributed by atoms with Crippen LogP contribution in [0.2, 0.25) is 0 Å². The number of aliphatic hydroxyl groups excluding tert-OH is 1. The molecule has 3 N–H and O–H groups in total. The Kier molecular flexibility index (Phi) is 6.38. The van der Waals surface area contributed by atoms with E-state index in [1.54, 1.807) is 31.2 Å². The van der Waals surface area contributed by atoms with Gasteiger partial charge in [0.25, 0.3) is 0 Å². The predicted molar refractivity (Wildman–Crippen MR) is 71.1 cm³/mol. The number of hydrogen-bond acceptors (Lipinski definition) is 4. The fourth-order valence-corrected chi connectivity index (χ4v) is 1.36. The van der Waals surface area contributed by atoms with Gasteiger partial charge in [0.1, 0.15) is 0 Å². The SMILES string of the molecule is CCOC(=O)c1ccc(NC(=O)NCCCO)cc1. The molecule has 0 heterocycles. The van der Waals surface area contributed by atoms with Crippen LogP contribution in [0.5, 0.6) is 0 Å². The molecule has 1 aromatic carbocycles. The van der Waals surface area contributed by atoms with Crippen molar-refractivity contribution in [2.45, 2.75) is 13.3 Å². The van der Waals surface area contributed by atoms with Crippen LogP contribution in [0.3, 0.4) is 0 Å². The summed E-state index contributed by atoms with van der Waals surface area (Å²) in [6.07, 6.45) is 0.509. The molecule has 6 nitrogen and oxygen atoms in total. The number of nitrogens with one attached hydrogen (secondary N) is 2. The number of anilines is 1. The Labute approximate surface area is 111 Å². The third-order valence-corrected chi connectivity index (χ3v) is 2.27. The standard InChI is InChI=1S/C13H18N2O4/c1-2-19-12(17)10-4-6-11(7-5-10)15-13(18)14-8-3-9-16/h4-7,16H,2-3,8-9H2,1H3,(H2,14,15,18). The number of urea groups is 1. The van der Waals surface area contributed by atoms with Crippen molar-refractivity contribution in [1.82, 2.24) is 5.32 Å². The van der Waals surface area contributed by atoms with Crippen molar-refractivity contribution in [3.8, 4) is 0 Å². The van der Waals surface area contributed by atoms with E-state index >= 15 is 0 Å². The van der Waals surface area contributed by atoms with Gasteiger partial charge in [-0.2, -0.15) is 0 Å². The molecule has 1 aromatic rings. The minimum atomic E-state index is -0.388. The van der Waals surface area contributed by atoms with Crippen LogP contribution >= 0.6 is 0 Å². The molecular formula is C13H18N2O4. The molecule has 0 bridgehead atoms. The highest BCUT2D eigenvalue weighted by molar-refractivity contribution is 5.92. The highest BCUT2D eigenvalue weighted by Gasteiger charge is 2.06. The highest BCUT2D eigenvalue weighted by atomic mass is 16.5. The van der Waals surface area contributed by atoms with Crippen molar-refractivity contribution in [3.05, 3.63) is 29.8 Å². The quantitative estimate of drug-likeness (QED) is 0.536. The van der Waals surface area contributed by atoms with Crippen LogP contribution in [-0.2, 0) is 4.74 Å². The maximum Gasteiger partial charge on any atom is 0.338 e. The van der Waals surface area contributed by atoms with E-state index in [-0.39, 0.29) is 18.6 Å². The van der Waals surface area contributed by atoms with E-state index in [1.165, 1.54) is 0 Å². The first-order valence-electron chi connectivity index (χ1n) is 6.10. The van der Waals surface area contributed by atoms with Gasteiger partial charge in [-0.15, -0.1) is 0 Å². The summed E-state index contributed by atoms with van der Waals surface area (Å²) in [5, 5.41) is 13.8. The van der Waals surface area contributed by atoms with E-state index < -0.39 is 0 Å². The summed E-state index contributed by atoms with van der Waals surface area (Å²) in [6, 6.07) is 6.07. The van der Waals surface area contributed by atoms with E-state index in [9.17, 15) is 9.59 Å². The van der Waals surface area contributed by atoms with Crippen LogP contribution < -0.4 is 10.6 Å². The molecule has 0 saturated carbocycles. The van der Waals surface area contributed by atoms with Crippen LogP contribution in [0.4, 0.5) is 10.5 Å². The summed E-state index contributed by atoms with van der Waals surface area (Å²) in [5.41, 5.74) is 1.02. The molecule has 0 aromatic heterocycles. The van der Waals surface area contributed by atoms with Crippen molar-refractivity contribution >= 4 is 17.7 Å². The predicted octanol–water partition coefficient (Wildman–Crippen LogP) is 1.37. The molecule has 0 saturated heterocycles. The van der Waals surface area contributed by atoms with Crippen molar-refractivity contribution in [1.29, 1.82) is 0 Å². The number of aliphatic hydroxyl groups is 1. The molecule has 19 heavy (non-hydrogen) atoms. The first kappa shape index (κ1) is 15.0. The van der Waals surface area contributed by atoms with Crippen molar-refractivity contribution < 1.29 is 19.4 Å². The van der Waals surface area contributed by atoms with Crippen molar-refractivity contribution in [3.63, 3.8) is 0 Å². The normalized spacial score (nSPS) is 9.79. The number of esters is 1. The number of carbonyl (C=O) groups excluding carboxylic acids is 2. The Morgan fingerprint density at radius 3 is 2.53 bits per heavy atom. The van der Waals surface area contributed by atoms with E-state index in [2.05, 4.69) is 10.6 Å². The molecule has 6 heteroatoms. The van der Waals surface area contributed by atoms with Gasteiger partial charge in [-0.3, -0.25) is 0 Å². The molecule has 2 amide bonds. The molecule has 0 aliphatic carbocycles. The largest absolute Gasteiger partial charge is 0.462 e. The van der Waals surface area contributed by atoms with Crippen LogP contribution in [0, 0.1) is 0 Å². The van der Waals surface area contributed by atoms with E-state index in [4.69, 9.17) is 9.84 Å². The number of hydrogen-bond donors (Lipinski definition) is 3. The zero-order valence-corrected chi connectivity index (χ0v) is 10.8. The summed E-state index contributed by atoms with van der Waals surface area (Å²) in [6.45, 7) is 2.51. The first-order chi connectivity index (χ1) is 9.17. The fourth-order valence-electron chi connectivity index (χ4n) is 1.36. The molecule has 1 rings (SSSR count). The van der Waals surface area contributed by atoms with Gasteiger partial charge in [0.05, 0.1) is 12.2 Å². The molecule has 0 unspecified atom stereocenters. The number of carbonyl (C=O) groups is 2. The molecular weight excluding hydrogens is 248 g/mol. The number of benzene rings is 1. The number of rotatable bonds is 6. The molecule has 0 aliphatic rings. The van der Waals surface area contributed by atoms with Crippen molar-refractivity contribution in [2.24, 2.45) is 0 Å². The minimum Gasteiger partial charge on any atom is -0.462 e. The van der Waals surface area contributed by atoms with E-state index in [0.29, 0.717) is 30.8 Å². The Morgan fingerprint density at radius 2 is 1.95 bits per heavy atom. The molecule has 0 radical (unpaired) electrons. The zero-order chi connectivity index (χ0) is 14.1. The summed E-state index contributed by atoms with van der Waals surface area (Å²) in [5.74, 6) is -0.388. The van der Waals surface area contributed by atoms with Gasteiger partial charge in [-0.05, 0) is 37.6 Å². The van der Waals surface area contributed by atoms with Gasteiger partial charge in [0, 0.05) is 18.8 Å². The topological polar surface area (TPSA) is 87.7 Å². The summed E-state index contributed by atoms with van der Waals surface area (Å²) in [7, 11) is 0. The summed E-state index contributed by atoms with van der Waals surface area (Å²) in [4.78, 5) is 22.8. The Bertz CT molecular complexity index is 417. The molecule has 104 valence electrons. The lowest BCUT2D eigenvalue weighted by Crippen LogP contribution is -2.29. The highest BCUT2D eigenvalue weighted by Crippen LogP contribution is 2.10.